The number of likely N-dealkylation sites (N-methyl/N-ethyl adjacent to an activating group) is 1. The second-order valence-corrected chi connectivity index (χ2v) is 11.2. The third-order valence-corrected chi connectivity index (χ3v) is 8.11. The quantitative estimate of drug-likeness (QED) is 0.242. The van der Waals surface area contributed by atoms with Gasteiger partial charge in [0.1, 0.15) is 6.04 Å². The van der Waals surface area contributed by atoms with E-state index >= 15 is 0 Å². The van der Waals surface area contributed by atoms with Gasteiger partial charge in [0, 0.05) is 23.6 Å². The van der Waals surface area contributed by atoms with Crippen molar-refractivity contribution in [3.8, 4) is 0 Å². The highest BCUT2D eigenvalue weighted by Gasteiger charge is 2.51. The minimum Gasteiger partial charge on any atom is -0.351 e. The average Bonchev–Trinajstić information content (AvgIpc) is 2.91. The smallest absolute Gasteiger partial charge is 0.351 e. The van der Waals surface area contributed by atoms with Gasteiger partial charge in [-0.15, -0.1) is 0 Å². The number of rotatable bonds is 5. The number of anilines is 1. The summed E-state index contributed by atoms with van der Waals surface area (Å²) >= 11 is 5.16. The Morgan fingerprint density at radius 2 is 1.26 bits per heavy atom. The topological polar surface area (TPSA) is 56.4 Å². The highest BCUT2D eigenvalue weighted by atomic mass is 32.1. The van der Waals surface area contributed by atoms with Crippen LogP contribution in [0.1, 0.15) is 52.1 Å². The van der Waals surface area contributed by atoms with E-state index in [1.807, 2.05) is 38.4 Å². The van der Waals surface area contributed by atoms with E-state index in [0.29, 0.717) is 12.1 Å². The first-order valence-corrected chi connectivity index (χ1v) is 13.6. The van der Waals surface area contributed by atoms with Gasteiger partial charge in [-0.3, -0.25) is 4.79 Å². The van der Waals surface area contributed by atoms with Crippen molar-refractivity contribution in [1.29, 1.82) is 0 Å². The first kappa shape index (κ1) is 29.8. The van der Waals surface area contributed by atoms with Crippen molar-refractivity contribution < 1.29 is 31.1 Å². The van der Waals surface area contributed by atoms with Crippen LogP contribution in [-0.4, -0.2) is 48.1 Å². The predicted octanol–water partition coefficient (Wildman–Crippen LogP) is 6.11. The van der Waals surface area contributed by atoms with Crippen molar-refractivity contribution >= 4 is 28.9 Å². The van der Waals surface area contributed by atoms with E-state index in [2.05, 4.69) is 45.1 Å². The predicted molar refractivity (Wildman–Crippen MR) is 151 cm³/mol. The first-order valence-electron chi connectivity index (χ1n) is 13.2. The zero-order chi connectivity index (χ0) is 30.6. The summed E-state index contributed by atoms with van der Waals surface area (Å²) in [6.45, 7) is 1.52. The fourth-order valence-corrected chi connectivity index (χ4v) is 6.48. The Hall–Kier alpha value is -3.64. The van der Waals surface area contributed by atoms with E-state index in [-0.39, 0.29) is 35.1 Å². The highest BCUT2D eigenvalue weighted by molar-refractivity contribution is 7.80. The van der Waals surface area contributed by atoms with E-state index in [1.165, 1.54) is 18.1 Å². The van der Waals surface area contributed by atoms with Crippen LogP contribution in [0.3, 0.4) is 0 Å². The summed E-state index contributed by atoms with van der Waals surface area (Å²) in [5, 5.41) is 7.93. The molecule has 0 heterocycles. The van der Waals surface area contributed by atoms with Crippen molar-refractivity contribution in [2.75, 3.05) is 19.4 Å². The molecule has 3 aliphatic rings. The molecule has 42 heavy (non-hydrogen) atoms. The molecule has 5 nitrogen and oxygen atoms in total. The summed E-state index contributed by atoms with van der Waals surface area (Å²) < 4.78 is 79.5. The molecule has 0 radical (unpaired) electrons. The minimum atomic E-state index is -5.00. The number of halogens is 6. The Bertz CT molecular complexity index is 1440. The van der Waals surface area contributed by atoms with Crippen LogP contribution in [0.15, 0.2) is 66.7 Å². The molecule has 0 spiro atoms. The molecule has 3 N–H and O–H groups in total. The van der Waals surface area contributed by atoms with Crippen LogP contribution in [0.25, 0.3) is 0 Å². The number of hydrogen-bond donors (Lipinski definition) is 3. The number of nitrogens with one attached hydrogen (secondary N) is 3. The Morgan fingerprint density at radius 3 is 1.69 bits per heavy atom. The van der Waals surface area contributed by atoms with Gasteiger partial charge >= 0.3 is 12.4 Å². The van der Waals surface area contributed by atoms with E-state index in [0.717, 1.165) is 11.1 Å². The first-order chi connectivity index (χ1) is 19.7. The highest BCUT2D eigenvalue weighted by Crippen LogP contribution is 2.53. The van der Waals surface area contributed by atoms with Crippen molar-refractivity contribution in [2.24, 2.45) is 0 Å². The van der Waals surface area contributed by atoms with Crippen LogP contribution in [-0.2, 0) is 17.1 Å². The van der Waals surface area contributed by atoms with Crippen LogP contribution < -0.4 is 16.0 Å². The number of benzene rings is 3. The number of carbonyl (C=O) groups excluding carboxylic acids is 1. The summed E-state index contributed by atoms with van der Waals surface area (Å²) in [5.74, 6) is -0.530. The maximum Gasteiger partial charge on any atom is 0.416 e. The molecule has 222 valence electrons. The molecule has 0 aromatic heterocycles. The lowest BCUT2D eigenvalue weighted by atomic mass is 9.59. The Balaban J connectivity index is 1.35. The molecule has 3 aliphatic carbocycles. The number of hydrogen-bond acceptors (Lipinski definition) is 3. The van der Waals surface area contributed by atoms with Crippen LogP contribution in [0.2, 0.25) is 0 Å². The number of thiocarbonyl (C=S) groups is 1. The van der Waals surface area contributed by atoms with Crippen LogP contribution in [0, 0.1) is 0 Å². The second kappa shape index (κ2) is 10.9. The van der Waals surface area contributed by atoms with Gasteiger partial charge in [0.05, 0.1) is 17.2 Å². The lowest BCUT2D eigenvalue weighted by Crippen LogP contribution is -2.62. The van der Waals surface area contributed by atoms with Crippen LogP contribution in [0.5, 0.6) is 0 Å². The molecule has 1 amide bonds. The fourth-order valence-electron chi connectivity index (χ4n) is 6.18. The molecular weight excluding hydrogens is 578 g/mol. The summed E-state index contributed by atoms with van der Waals surface area (Å²) in [5.41, 5.74) is 1.22. The summed E-state index contributed by atoms with van der Waals surface area (Å²) in [6.07, 6.45) is -10.0. The summed E-state index contributed by atoms with van der Waals surface area (Å²) in [6, 6.07) is 16.1. The zero-order valence-electron chi connectivity index (χ0n) is 22.8. The lowest BCUT2D eigenvalue weighted by Gasteiger charge is -2.53. The molecule has 3 aromatic rings. The van der Waals surface area contributed by atoms with Gasteiger partial charge in [0.25, 0.3) is 0 Å². The van der Waals surface area contributed by atoms with Crippen molar-refractivity contribution in [2.45, 2.75) is 49.2 Å². The molecule has 3 aromatic carbocycles. The molecule has 0 saturated carbocycles. The van der Waals surface area contributed by atoms with Gasteiger partial charge in [0.2, 0.25) is 5.91 Å². The number of carbonyl (C=O) groups is 1. The van der Waals surface area contributed by atoms with E-state index in [1.54, 1.807) is 0 Å². The van der Waals surface area contributed by atoms with E-state index < -0.39 is 41.1 Å². The molecule has 3 atom stereocenters. The molecule has 12 heteroatoms. The van der Waals surface area contributed by atoms with Gasteiger partial charge < -0.3 is 20.9 Å². The van der Waals surface area contributed by atoms with Gasteiger partial charge in [-0.2, -0.15) is 26.3 Å². The molecule has 0 aliphatic heterocycles. The molecule has 0 fully saturated rings. The standard InChI is InChI=1S/C30H28F6N4OS/c1-15(37-28(42)38-18-13-16(29(31,32)33)12-17(14-18)30(34,35)36)27(41)39-25-23-19-8-4-6-10-21(19)24(26(25)40(2)3)22-11-7-5-9-20(22)23/h4-15,23-26H,1-3H3,(H,39,41)(H2,37,38,42). The number of amides is 1. The molecule has 2 bridgehead atoms. The number of nitrogens with zero attached hydrogens (tertiary/aromatic N) is 1. The largest absolute Gasteiger partial charge is 0.416 e. The Kier molecular flexibility index (Phi) is 7.73. The van der Waals surface area contributed by atoms with Gasteiger partial charge in [0.15, 0.2) is 5.11 Å². The normalized spacial score (nSPS) is 21.8. The maximum absolute atomic E-state index is 13.5. The van der Waals surface area contributed by atoms with Gasteiger partial charge in [-0.05, 0) is 73.7 Å². The third kappa shape index (κ3) is 5.57. The third-order valence-electron chi connectivity index (χ3n) is 7.89. The SMILES string of the molecule is CC(NC(=S)Nc1cc(C(F)(F)F)cc(C(F)(F)F)c1)C(=O)NC1C2c3ccccc3C(c3ccccc32)C1N(C)C. The van der Waals surface area contributed by atoms with Crippen LogP contribution >= 0.6 is 12.2 Å². The molecule has 6 rings (SSSR count). The summed E-state index contributed by atoms with van der Waals surface area (Å²) in [7, 11) is 3.92. The zero-order valence-corrected chi connectivity index (χ0v) is 23.6. The minimum absolute atomic E-state index is 0.0115. The van der Waals surface area contributed by atoms with Gasteiger partial charge in [-0.25, -0.2) is 0 Å². The lowest BCUT2D eigenvalue weighted by molar-refractivity contribution is -0.143. The molecule has 3 unspecified atom stereocenters. The monoisotopic (exact) mass is 606 g/mol. The second-order valence-electron chi connectivity index (χ2n) is 10.8. The van der Waals surface area contributed by atoms with Crippen LogP contribution in [0.4, 0.5) is 32.0 Å². The Morgan fingerprint density at radius 1 is 0.810 bits per heavy atom. The van der Waals surface area contributed by atoms with E-state index in [4.69, 9.17) is 12.2 Å². The Labute approximate surface area is 244 Å². The average molecular weight is 607 g/mol. The van der Waals surface area contributed by atoms with Crippen molar-refractivity contribution in [1.82, 2.24) is 15.5 Å². The molecular formula is C30H28F6N4OS. The van der Waals surface area contributed by atoms with Crippen molar-refractivity contribution in [3.05, 3.63) is 100 Å². The van der Waals surface area contributed by atoms with Gasteiger partial charge in [-0.1, -0.05) is 48.5 Å². The van der Waals surface area contributed by atoms with E-state index in [9.17, 15) is 31.1 Å². The van der Waals surface area contributed by atoms with Crippen molar-refractivity contribution in [3.63, 3.8) is 0 Å². The number of alkyl halides is 6. The maximum atomic E-state index is 13.5. The molecule has 0 saturated heterocycles. The number of fused-ring (bicyclic) bond motifs is 1. The fraction of sp³-hybridized carbons (Fsp3) is 0.333. The summed E-state index contributed by atoms with van der Waals surface area (Å²) in [4.78, 5) is 15.5.